The SMILES string of the molecule is CN1CC(c2ccccc2Br)[C@@H](c2cc([N+](=O)[O-])ccc2O)C1. The van der Waals surface area contributed by atoms with E-state index >= 15 is 0 Å². The lowest BCUT2D eigenvalue weighted by Gasteiger charge is -2.21. The lowest BCUT2D eigenvalue weighted by atomic mass is 9.83. The van der Waals surface area contributed by atoms with E-state index in [1.807, 2.05) is 25.2 Å². The summed E-state index contributed by atoms with van der Waals surface area (Å²) in [5.74, 6) is 0.301. The Kier molecular flexibility index (Phi) is 4.37. The molecule has 1 fully saturated rings. The summed E-state index contributed by atoms with van der Waals surface area (Å²) in [6.07, 6.45) is 0. The lowest BCUT2D eigenvalue weighted by molar-refractivity contribution is -0.385. The minimum absolute atomic E-state index is 0.0123. The van der Waals surface area contributed by atoms with Gasteiger partial charge in [-0.05, 0) is 24.7 Å². The van der Waals surface area contributed by atoms with Crippen molar-refractivity contribution in [2.75, 3.05) is 20.1 Å². The average Bonchev–Trinajstić information content (AvgIpc) is 2.89. The van der Waals surface area contributed by atoms with Gasteiger partial charge in [-0.15, -0.1) is 0 Å². The van der Waals surface area contributed by atoms with E-state index in [4.69, 9.17) is 0 Å². The number of phenols is 1. The normalized spacial score (nSPS) is 21.5. The fraction of sp³-hybridized carbons (Fsp3) is 0.294. The smallest absolute Gasteiger partial charge is 0.269 e. The Balaban J connectivity index is 2.05. The van der Waals surface area contributed by atoms with Crippen LogP contribution in [-0.4, -0.2) is 35.1 Å². The van der Waals surface area contributed by atoms with Gasteiger partial charge in [-0.3, -0.25) is 10.1 Å². The average molecular weight is 377 g/mol. The molecule has 1 aliphatic heterocycles. The van der Waals surface area contributed by atoms with Crippen LogP contribution in [0.1, 0.15) is 23.0 Å². The van der Waals surface area contributed by atoms with Crippen LogP contribution in [0.5, 0.6) is 5.75 Å². The van der Waals surface area contributed by atoms with Crippen LogP contribution in [0, 0.1) is 10.1 Å². The number of likely N-dealkylation sites (tertiary alicyclic amines) is 1. The topological polar surface area (TPSA) is 66.6 Å². The summed E-state index contributed by atoms with van der Waals surface area (Å²) in [5, 5.41) is 21.3. The molecular formula is C17H17BrN2O3. The van der Waals surface area contributed by atoms with Crippen molar-refractivity contribution in [3.05, 3.63) is 68.2 Å². The Labute approximate surface area is 142 Å². The molecule has 2 aromatic carbocycles. The Bertz CT molecular complexity index is 750. The summed E-state index contributed by atoms with van der Waals surface area (Å²) in [7, 11) is 2.03. The Morgan fingerprint density at radius 2 is 1.83 bits per heavy atom. The molecule has 120 valence electrons. The number of likely N-dealkylation sites (N-methyl/N-ethyl adjacent to an activating group) is 1. The maximum Gasteiger partial charge on any atom is 0.269 e. The summed E-state index contributed by atoms with van der Waals surface area (Å²) in [5.41, 5.74) is 1.82. The van der Waals surface area contributed by atoms with Crippen LogP contribution < -0.4 is 0 Å². The quantitative estimate of drug-likeness (QED) is 0.651. The zero-order valence-electron chi connectivity index (χ0n) is 12.6. The van der Waals surface area contributed by atoms with Gasteiger partial charge in [0.2, 0.25) is 0 Å². The number of benzene rings is 2. The number of rotatable bonds is 3. The molecule has 1 saturated heterocycles. The molecule has 0 aliphatic carbocycles. The number of hydrogen-bond acceptors (Lipinski definition) is 4. The molecular weight excluding hydrogens is 360 g/mol. The summed E-state index contributed by atoms with van der Waals surface area (Å²) in [6, 6.07) is 12.3. The first kappa shape index (κ1) is 16.0. The fourth-order valence-corrected chi connectivity index (χ4v) is 3.94. The van der Waals surface area contributed by atoms with Crippen LogP contribution in [0.2, 0.25) is 0 Å². The zero-order chi connectivity index (χ0) is 16.6. The first-order valence-electron chi connectivity index (χ1n) is 7.37. The van der Waals surface area contributed by atoms with Crippen molar-refractivity contribution < 1.29 is 10.0 Å². The third-order valence-corrected chi connectivity index (χ3v) is 5.15. The van der Waals surface area contributed by atoms with E-state index in [1.54, 1.807) is 0 Å². The molecule has 0 bridgehead atoms. The molecule has 0 radical (unpaired) electrons. The molecule has 0 spiro atoms. The van der Waals surface area contributed by atoms with Crippen LogP contribution in [0.25, 0.3) is 0 Å². The van der Waals surface area contributed by atoms with Gasteiger partial charge in [-0.2, -0.15) is 0 Å². The number of non-ortho nitro benzene ring substituents is 1. The Morgan fingerprint density at radius 3 is 2.48 bits per heavy atom. The van der Waals surface area contributed by atoms with E-state index in [9.17, 15) is 15.2 Å². The second-order valence-electron chi connectivity index (χ2n) is 5.96. The monoisotopic (exact) mass is 376 g/mol. The predicted octanol–water partition coefficient (Wildman–Crippen LogP) is 3.88. The molecule has 3 rings (SSSR count). The van der Waals surface area contributed by atoms with Crippen molar-refractivity contribution in [3.8, 4) is 5.75 Å². The molecule has 0 amide bonds. The van der Waals surface area contributed by atoms with Gasteiger partial charge in [-0.1, -0.05) is 34.1 Å². The molecule has 6 heteroatoms. The highest BCUT2D eigenvalue weighted by Gasteiger charge is 2.36. The van der Waals surface area contributed by atoms with Crippen molar-refractivity contribution in [2.24, 2.45) is 0 Å². The number of aromatic hydroxyl groups is 1. The van der Waals surface area contributed by atoms with Crippen LogP contribution in [-0.2, 0) is 0 Å². The van der Waals surface area contributed by atoms with Crippen molar-refractivity contribution in [2.45, 2.75) is 11.8 Å². The maximum absolute atomic E-state index is 11.1. The van der Waals surface area contributed by atoms with Crippen LogP contribution >= 0.6 is 15.9 Å². The highest BCUT2D eigenvalue weighted by Crippen LogP contribution is 2.44. The highest BCUT2D eigenvalue weighted by molar-refractivity contribution is 9.10. The zero-order valence-corrected chi connectivity index (χ0v) is 14.2. The van der Waals surface area contributed by atoms with Crippen molar-refractivity contribution in [1.82, 2.24) is 4.90 Å². The molecule has 1 unspecified atom stereocenters. The van der Waals surface area contributed by atoms with Crippen molar-refractivity contribution in [3.63, 3.8) is 0 Å². The van der Waals surface area contributed by atoms with Crippen molar-refractivity contribution in [1.29, 1.82) is 0 Å². The maximum atomic E-state index is 11.1. The van der Waals surface area contributed by atoms with Crippen LogP contribution in [0.3, 0.4) is 0 Å². The fourth-order valence-electron chi connectivity index (χ4n) is 3.36. The molecule has 1 aliphatic rings. The van der Waals surface area contributed by atoms with Gasteiger partial charge in [0.15, 0.2) is 0 Å². The number of halogens is 1. The summed E-state index contributed by atoms with van der Waals surface area (Å²) < 4.78 is 1.02. The van der Waals surface area contributed by atoms with E-state index in [0.29, 0.717) is 5.56 Å². The standard InChI is InChI=1S/C17H17BrN2O3/c1-19-9-14(12-4-2-3-5-16(12)18)15(10-19)13-8-11(20(22)23)6-7-17(13)21/h2-8,14-15,21H,9-10H2,1H3/t14?,15-/m1/s1. The minimum Gasteiger partial charge on any atom is -0.508 e. The van der Waals surface area contributed by atoms with Gasteiger partial charge >= 0.3 is 0 Å². The number of hydrogen-bond donors (Lipinski definition) is 1. The lowest BCUT2D eigenvalue weighted by Crippen LogP contribution is -2.13. The van der Waals surface area contributed by atoms with Gasteiger partial charge in [-0.25, -0.2) is 0 Å². The van der Waals surface area contributed by atoms with E-state index in [0.717, 1.165) is 23.1 Å². The van der Waals surface area contributed by atoms with Crippen LogP contribution in [0.4, 0.5) is 5.69 Å². The third kappa shape index (κ3) is 3.09. The van der Waals surface area contributed by atoms with E-state index in [1.165, 1.54) is 18.2 Å². The van der Waals surface area contributed by atoms with Gasteiger partial charge in [0.05, 0.1) is 4.92 Å². The summed E-state index contributed by atoms with van der Waals surface area (Å²) >= 11 is 3.59. The summed E-state index contributed by atoms with van der Waals surface area (Å²) in [4.78, 5) is 12.8. The highest BCUT2D eigenvalue weighted by atomic mass is 79.9. The van der Waals surface area contributed by atoms with Crippen molar-refractivity contribution >= 4 is 21.6 Å². The second-order valence-corrected chi connectivity index (χ2v) is 6.81. The number of phenolic OH excluding ortho intramolecular Hbond substituents is 1. The molecule has 1 heterocycles. The number of nitro benzene ring substituents is 1. The van der Waals surface area contributed by atoms with E-state index in [-0.39, 0.29) is 23.3 Å². The van der Waals surface area contributed by atoms with Gasteiger partial charge in [0.25, 0.3) is 5.69 Å². The molecule has 1 N–H and O–H groups in total. The number of nitro groups is 1. The summed E-state index contributed by atoms with van der Waals surface area (Å²) in [6.45, 7) is 1.59. The Hall–Kier alpha value is -1.92. The first-order valence-corrected chi connectivity index (χ1v) is 8.17. The second kappa shape index (κ2) is 6.29. The first-order chi connectivity index (χ1) is 11.0. The van der Waals surface area contributed by atoms with E-state index in [2.05, 4.69) is 26.9 Å². The molecule has 2 aromatic rings. The van der Waals surface area contributed by atoms with E-state index < -0.39 is 4.92 Å². The van der Waals surface area contributed by atoms with Gasteiger partial charge in [0.1, 0.15) is 5.75 Å². The molecule has 5 nitrogen and oxygen atoms in total. The van der Waals surface area contributed by atoms with Gasteiger partial charge < -0.3 is 10.0 Å². The number of nitrogens with zero attached hydrogens (tertiary/aromatic N) is 2. The third-order valence-electron chi connectivity index (χ3n) is 4.43. The van der Waals surface area contributed by atoms with Crippen LogP contribution in [0.15, 0.2) is 46.9 Å². The molecule has 2 atom stereocenters. The van der Waals surface area contributed by atoms with Gasteiger partial charge in [0, 0.05) is 47.1 Å². The minimum atomic E-state index is -0.422. The Morgan fingerprint density at radius 1 is 1.17 bits per heavy atom. The molecule has 0 saturated carbocycles. The predicted molar refractivity (Wildman–Crippen MR) is 91.9 cm³/mol. The molecule has 0 aromatic heterocycles. The largest absolute Gasteiger partial charge is 0.508 e. The molecule has 23 heavy (non-hydrogen) atoms.